The second-order valence-electron chi connectivity index (χ2n) is 4.65. The SMILES string of the molecule is CC(=N)OC(C)(NC(C)=O)NC(C)=O.O=C1CCC(=O)N1O. The van der Waals surface area contributed by atoms with Crippen molar-refractivity contribution in [3.05, 3.63) is 0 Å². The highest BCUT2D eigenvalue weighted by molar-refractivity contribution is 6.00. The Labute approximate surface area is 127 Å². The predicted octanol–water partition coefficient (Wildman–Crippen LogP) is -0.529. The lowest BCUT2D eigenvalue weighted by molar-refractivity contribution is -0.171. The average molecular weight is 316 g/mol. The molecule has 10 heteroatoms. The van der Waals surface area contributed by atoms with E-state index >= 15 is 0 Å². The first-order chi connectivity index (χ1) is 9.96. The van der Waals surface area contributed by atoms with E-state index in [0.29, 0.717) is 0 Å². The van der Waals surface area contributed by atoms with Crippen LogP contribution in [0.15, 0.2) is 0 Å². The molecule has 0 radical (unpaired) electrons. The number of hydrogen-bond donors (Lipinski definition) is 4. The first kappa shape index (κ1) is 19.5. The molecule has 0 saturated carbocycles. The zero-order valence-electron chi connectivity index (χ0n) is 12.8. The van der Waals surface area contributed by atoms with Crippen molar-refractivity contribution in [1.82, 2.24) is 15.7 Å². The van der Waals surface area contributed by atoms with E-state index in [0.717, 1.165) is 0 Å². The standard InChI is InChI=1S/C8H15N3O3.C4H5NO3/c1-5(9)14-8(4,10-6(2)12)11-7(3)13;6-3-1-2-4(7)5(3)8/h9H,1-4H3,(H,10,12)(H,11,13);8H,1-2H2. The molecule has 0 unspecified atom stereocenters. The minimum Gasteiger partial charge on any atom is -0.438 e. The van der Waals surface area contributed by atoms with Crippen LogP contribution in [-0.4, -0.2) is 45.6 Å². The fourth-order valence-electron chi connectivity index (χ4n) is 1.63. The Hall–Kier alpha value is -2.49. The Morgan fingerprint density at radius 2 is 1.50 bits per heavy atom. The van der Waals surface area contributed by atoms with Crippen LogP contribution in [0.5, 0.6) is 0 Å². The zero-order valence-corrected chi connectivity index (χ0v) is 12.8. The van der Waals surface area contributed by atoms with Gasteiger partial charge in [-0.15, -0.1) is 0 Å². The van der Waals surface area contributed by atoms with Gasteiger partial charge in [-0.3, -0.25) is 29.8 Å². The van der Waals surface area contributed by atoms with Crippen molar-refractivity contribution < 1.29 is 29.1 Å². The highest BCUT2D eigenvalue weighted by Crippen LogP contribution is 2.07. The fourth-order valence-corrected chi connectivity index (χ4v) is 1.63. The Morgan fingerprint density at radius 1 is 1.14 bits per heavy atom. The van der Waals surface area contributed by atoms with E-state index in [1.54, 1.807) is 0 Å². The molecule has 0 aromatic rings. The molecular weight excluding hydrogens is 296 g/mol. The average Bonchev–Trinajstić information content (AvgIpc) is 2.57. The van der Waals surface area contributed by atoms with Gasteiger partial charge in [0, 0.05) is 40.5 Å². The molecule has 0 atom stereocenters. The summed E-state index contributed by atoms with van der Waals surface area (Å²) in [5.74, 6) is -3.19. The van der Waals surface area contributed by atoms with Crippen LogP contribution < -0.4 is 10.6 Å². The number of nitrogens with zero attached hydrogens (tertiary/aromatic N) is 1. The molecule has 4 N–H and O–H groups in total. The lowest BCUT2D eigenvalue weighted by Gasteiger charge is -2.30. The van der Waals surface area contributed by atoms with Crippen molar-refractivity contribution in [2.24, 2.45) is 0 Å². The van der Waals surface area contributed by atoms with E-state index in [1.807, 2.05) is 0 Å². The van der Waals surface area contributed by atoms with Crippen molar-refractivity contribution in [3.63, 3.8) is 0 Å². The molecule has 4 amide bonds. The minimum absolute atomic E-state index is 0.102. The van der Waals surface area contributed by atoms with Gasteiger partial charge in [-0.2, -0.15) is 5.06 Å². The van der Waals surface area contributed by atoms with Crippen LogP contribution in [0.2, 0.25) is 0 Å². The van der Waals surface area contributed by atoms with E-state index in [4.69, 9.17) is 15.4 Å². The van der Waals surface area contributed by atoms with Gasteiger partial charge in [-0.1, -0.05) is 0 Å². The molecule has 1 heterocycles. The molecule has 0 bridgehead atoms. The largest absolute Gasteiger partial charge is 0.438 e. The Balaban J connectivity index is 0.000000461. The van der Waals surface area contributed by atoms with Crippen LogP contribution in [0.3, 0.4) is 0 Å². The van der Waals surface area contributed by atoms with Gasteiger partial charge in [-0.05, 0) is 0 Å². The van der Waals surface area contributed by atoms with Crippen molar-refractivity contribution in [1.29, 1.82) is 5.41 Å². The van der Waals surface area contributed by atoms with Crippen LogP contribution >= 0.6 is 0 Å². The first-order valence-corrected chi connectivity index (χ1v) is 6.33. The third kappa shape index (κ3) is 7.33. The van der Waals surface area contributed by atoms with Crippen molar-refractivity contribution in [3.8, 4) is 0 Å². The topological polar surface area (TPSA) is 149 Å². The summed E-state index contributed by atoms with van der Waals surface area (Å²) in [4.78, 5) is 42.1. The molecule has 1 fully saturated rings. The molecule has 1 aliphatic rings. The highest BCUT2D eigenvalue weighted by Gasteiger charge is 2.28. The maximum atomic E-state index is 10.8. The Morgan fingerprint density at radius 3 is 1.68 bits per heavy atom. The number of carbonyl (C=O) groups excluding carboxylic acids is 4. The van der Waals surface area contributed by atoms with Gasteiger partial charge < -0.3 is 15.4 Å². The smallest absolute Gasteiger partial charge is 0.261 e. The maximum absolute atomic E-state index is 10.8. The summed E-state index contributed by atoms with van der Waals surface area (Å²) in [6.07, 6.45) is 0.296. The molecule has 0 aromatic carbocycles. The number of hydrogen-bond acceptors (Lipinski definition) is 7. The normalized spacial score (nSPS) is 14.0. The van der Waals surface area contributed by atoms with E-state index in [1.165, 1.54) is 27.7 Å². The Kier molecular flexibility index (Phi) is 7.16. The van der Waals surface area contributed by atoms with E-state index in [9.17, 15) is 19.2 Å². The maximum Gasteiger partial charge on any atom is 0.261 e. The van der Waals surface area contributed by atoms with E-state index in [2.05, 4.69) is 10.6 Å². The molecule has 1 saturated heterocycles. The molecule has 1 aliphatic heterocycles. The summed E-state index contributed by atoms with van der Waals surface area (Å²) >= 11 is 0. The number of amides is 4. The highest BCUT2D eigenvalue weighted by atomic mass is 16.5. The quantitative estimate of drug-likeness (QED) is 0.181. The lowest BCUT2D eigenvalue weighted by Crippen LogP contribution is -2.60. The zero-order chi connectivity index (χ0) is 17.5. The number of nitrogens with one attached hydrogen (secondary N) is 3. The summed E-state index contributed by atoms with van der Waals surface area (Å²) < 4.78 is 4.98. The van der Waals surface area contributed by atoms with Gasteiger partial charge in [0.2, 0.25) is 11.8 Å². The molecule has 0 aliphatic carbocycles. The summed E-state index contributed by atoms with van der Waals surface area (Å²) in [5, 5.41) is 20.5. The van der Waals surface area contributed by atoms with E-state index in [-0.39, 0.29) is 35.6 Å². The second-order valence-corrected chi connectivity index (χ2v) is 4.65. The van der Waals surface area contributed by atoms with Gasteiger partial charge in [-0.25, -0.2) is 0 Å². The molecule has 10 nitrogen and oxygen atoms in total. The third-order valence-corrected chi connectivity index (χ3v) is 2.21. The molecule has 22 heavy (non-hydrogen) atoms. The van der Waals surface area contributed by atoms with Crippen molar-refractivity contribution in [2.45, 2.75) is 46.4 Å². The van der Waals surface area contributed by atoms with Crippen LogP contribution in [0, 0.1) is 5.41 Å². The summed E-state index contributed by atoms with van der Waals surface area (Å²) in [7, 11) is 0. The molecule has 1 rings (SSSR count). The molecule has 0 aromatic heterocycles. The third-order valence-electron chi connectivity index (χ3n) is 2.21. The summed E-state index contributed by atoms with van der Waals surface area (Å²) in [6.45, 7) is 5.45. The van der Waals surface area contributed by atoms with Crippen LogP contribution in [-0.2, 0) is 23.9 Å². The number of ether oxygens (including phenoxy) is 1. The fraction of sp³-hybridized carbons (Fsp3) is 0.583. The molecular formula is C12H20N4O6. The Bertz CT molecular complexity index is 433. The number of carbonyl (C=O) groups is 4. The minimum atomic E-state index is -1.36. The van der Waals surface area contributed by atoms with Crippen LogP contribution in [0.1, 0.15) is 40.5 Å². The van der Waals surface area contributed by atoms with Gasteiger partial charge in [0.1, 0.15) is 0 Å². The number of hydroxylamine groups is 2. The summed E-state index contributed by atoms with van der Waals surface area (Å²) in [6, 6.07) is 0. The van der Waals surface area contributed by atoms with Crippen molar-refractivity contribution >= 4 is 29.5 Å². The number of imide groups is 1. The predicted molar refractivity (Wildman–Crippen MR) is 73.4 cm³/mol. The lowest BCUT2D eigenvalue weighted by atomic mass is 10.4. The van der Waals surface area contributed by atoms with Crippen LogP contribution in [0.4, 0.5) is 0 Å². The first-order valence-electron chi connectivity index (χ1n) is 6.33. The van der Waals surface area contributed by atoms with Crippen LogP contribution in [0.25, 0.3) is 0 Å². The van der Waals surface area contributed by atoms with Gasteiger partial charge in [0.15, 0.2) is 5.90 Å². The van der Waals surface area contributed by atoms with Gasteiger partial charge in [0.05, 0.1) is 0 Å². The number of rotatable bonds is 3. The second kappa shape index (κ2) is 8.08. The van der Waals surface area contributed by atoms with Gasteiger partial charge in [0.25, 0.3) is 17.7 Å². The monoisotopic (exact) mass is 316 g/mol. The van der Waals surface area contributed by atoms with Crippen molar-refractivity contribution in [2.75, 3.05) is 0 Å². The van der Waals surface area contributed by atoms with E-state index < -0.39 is 17.7 Å². The molecule has 0 spiro atoms. The summed E-state index contributed by atoms with van der Waals surface area (Å²) in [5.41, 5.74) is 0. The van der Waals surface area contributed by atoms with Gasteiger partial charge >= 0.3 is 0 Å². The molecule has 124 valence electrons.